The van der Waals surface area contributed by atoms with Crippen molar-refractivity contribution in [3.05, 3.63) is 11.4 Å². The van der Waals surface area contributed by atoms with Crippen molar-refractivity contribution >= 4 is 0 Å². The van der Waals surface area contributed by atoms with E-state index in [2.05, 4.69) is 10.7 Å². The van der Waals surface area contributed by atoms with Crippen molar-refractivity contribution in [2.24, 2.45) is 5.73 Å². The van der Waals surface area contributed by atoms with Gasteiger partial charge in [-0.25, -0.2) is 9.82 Å². The number of hydrazine groups is 1. The highest BCUT2D eigenvalue weighted by Gasteiger charge is 2.28. The van der Waals surface area contributed by atoms with Crippen LogP contribution in [0, 0.1) is 0 Å². The molecule has 0 spiro atoms. The second-order valence-electron chi connectivity index (χ2n) is 5.69. The van der Waals surface area contributed by atoms with E-state index in [0.29, 0.717) is 6.04 Å². The molecule has 0 aromatic carbocycles. The Morgan fingerprint density at radius 3 is 3.05 bits per heavy atom. The molecule has 2 aliphatic heterocycles. The second kappa shape index (κ2) is 7.24. The number of nitrogens with one attached hydrogen (secondary N) is 2. The lowest BCUT2D eigenvalue weighted by Gasteiger charge is -2.39. The summed E-state index contributed by atoms with van der Waals surface area (Å²) in [7, 11) is 0. The molecule has 2 heterocycles. The molecule has 4 N–H and O–H groups in total. The van der Waals surface area contributed by atoms with Gasteiger partial charge >= 0.3 is 0 Å². The van der Waals surface area contributed by atoms with Crippen molar-refractivity contribution in [3.8, 4) is 0 Å². The van der Waals surface area contributed by atoms with Gasteiger partial charge in [-0.2, -0.15) is 0 Å². The summed E-state index contributed by atoms with van der Waals surface area (Å²) >= 11 is 0. The Bertz CT molecular complexity index is 342. The molecule has 1 saturated heterocycles. The summed E-state index contributed by atoms with van der Waals surface area (Å²) in [4.78, 5) is 0. The van der Waals surface area contributed by atoms with Crippen LogP contribution in [0.3, 0.4) is 0 Å². The molecule has 0 bridgehead atoms. The molecule has 2 rings (SSSR count). The summed E-state index contributed by atoms with van der Waals surface area (Å²) in [5.41, 5.74) is 11.0. The van der Waals surface area contributed by atoms with E-state index in [9.17, 15) is 4.39 Å². The van der Waals surface area contributed by atoms with Gasteiger partial charge in [0.1, 0.15) is 6.17 Å². The fraction of sp³-hybridized carbons (Fsp3) is 0.857. The first kappa shape index (κ1) is 15.5. The summed E-state index contributed by atoms with van der Waals surface area (Å²) in [6.07, 6.45) is 1.70. The average molecular weight is 286 g/mol. The Morgan fingerprint density at radius 1 is 1.60 bits per heavy atom. The molecule has 116 valence electrons. The minimum absolute atomic E-state index is 0.191. The number of nitrogens with two attached hydrogens (primary N) is 1. The highest BCUT2D eigenvalue weighted by Crippen LogP contribution is 2.20. The van der Waals surface area contributed by atoms with Gasteiger partial charge in [0, 0.05) is 37.0 Å². The van der Waals surface area contributed by atoms with Crippen molar-refractivity contribution in [3.63, 3.8) is 0 Å². The van der Waals surface area contributed by atoms with Gasteiger partial charge in [0.15, 0.2) is 0 Å². The van der Waals surface area contributed by atoms with Crippen LogP contribution in [0.15, 0.2) is 11.4 Å². The maximum Gasteiger partial charge on any atom is 0.119 e. The zero-order valence-electron chi connectivity index (χ0n) is 12.5. The Morgan fingerprint density at radius 2 is 2.40 bits per heavy atom. The molecule has 3 unspecified atom stereocenters. The predicted octanol–water partition coefficient (Wildman–Crippen LogP) is 0.882. The number of hydrogen-bond acceptors (Lipinski definition) is 5. The van der Waals surface area contributed by atoms with Crippen molar-refractivity contribution < 1.29 is 9.13 Å². The van der Waals surface area contributed by atoms with Gasteiger partial charge in [0.05, 0.1) is 12.6 Å². The van der Waals surface area contributed by atoms with Gasteiger partial charge in [-0.3, -0.25) is 0 Å². The van der Waals surface area contributed by atoms with Gasteiger partial charge < -0.3 is 20.8 Å². The zero-order valence-corrected chi connectivity index (χ0v) is 12.5. The topological polar surface area (TPSA) is 62.5 Å². The predicted molar refractivity (Wildman–Crippen MR) is 77.5 cm³/mol. The van der Waals surface area contributed by atoms with Gasteiger partial charge in [-0.1, -0.05) is 0 Å². The zero-order chi connectivity index (χ0) is 14.5. The number of nitrogens with zero attached hydrogens (tertiary/aromatic N) is 1. The number of halogens is 1. The van der Waals surface area contributed by atoms with Crippen LogP contribution in [-0.4, -0.2) is 49.6 Å². The van der Waals surface area contributed by atoms with E-state index in [1.807, 2.05) is 11.9 Å². The van der Waals surface area contributed by atoms with E-state index in [1.165, 1.54) is 0 Å². The quantitative estimate of drug-likeness (QED) is 0.677. The van der Waals surface area contributed by atoms with Crippen molar-refractivity contribution in [2.75, 3.05) is 26.3 Å². The molecule has 2 aliphatic rings. The van der Waals surface area contributed by atoms with Crippen LogP contribution < -0.4 is 16.5 Å². The van der Waals surface area contributed by atoms with E-state index in [-0.39, 0.29) is 6.04 Å². The fourth-order valence-electron chi connectivity index (χ4n) is 2.83. The van der Waals surface area contributed by atoms with Crippen LogP contribution in [0.5, 0.6) is 0 Å². The third-order valence-electron chi connectivity index (χ3n) is 4.17. The lowest BCUT2D eigenvalue weighted by Crippen LogP contribution is -2.52. The first-order valence-electron chi connectivity index (χ1n) is 7.52. The molecule has 0 aromatic heterocycles. The smallest absolute Gasteiger partial charge is 0.119 e. The summed E-state index contributed by atoms with van der Waals surface area (Å²) < 4.78 is 19.3. The van der Waals surface area contributed by atoms with Crippen LogP contribution in [0.4, 0.5) is 4.39 Å². The molecule has 0 radical (unpaired) electrons. The number of rotatable bonds is 6. The third-order valence-corrected chi connectivity index (χ3v) is 4.17. The molecular formula is C14H27FN4O. The number of hydrogen-bond donors (Lipinski definition) is 3. The Kier molecular flexibility index (Phi) is 5.63. The molecule has 0 aliphatic carbocycles. The standard InChI is InChI=1S/C14H27FN4O/c1-10(15)14(4-6-17-12-5-8-20-9-12)19-11(2)13(16)3-7-18-19/h10,12,14,17-18H,3-9,16H2,1-2H3. The highest BCUT2D eigenvalue weighted by atomic mass is 19.1. The van der Waals surface area contributed by atoms with Gasteiger partial charge in [0.2, 0.25) is 0 Å². The summed E-state index contributed by atoms with van der Waals surface area (Å²) in [5.74, 6) is 0. The van der Waals surface area contributed by atoms with E-state index in [1.54, 1.807) is 6.92 Å². The molecule has 0 saturated carbocycles. The first-order valence-corrected chi connectivity index (χ1v) is 7.52. The first-order chi connectivity index (χ1) is 9.59. The van der Waals surface area contributed by atoms with Crippen molar-refractivity contribution in [1.82, 2.24) is 15.8 Å². The Labute approximate surface area is 120 Å². The van der Waals surface area contributed by atoms with Crippen molar-refractivity contribution in [1.29, 1.82) is 0 Å². The lowest BCUT2D eigenvalue weighted by atomic mass is 10.1. The minimum atomic E-state index is -0.912. The molecule has 0 aromatic rings. The van der Waals surface area contributed by atoms with Gasteiger partial charge in [-0.15, -0.1) is 0 Å². The maximum absolute atomic E-state index is 14.0. The fourth-order valence-corrected chi connectivity index (χ4v) is 2.83. The normalized spacial score (nSPS) is 26.9. The molecular weight excluding hydrogens is 259 g/mol. The molecule has 5 nitrogen and oxygen atoms in total. The van der Waals surface area contributed by atoms with Gasteiger partial charge in [0.25, 0.3) is 0 Å². The average Bonchev–Trinajstić information content (AvgIpc) is 2.91. The second-order valence-corrected chi connectivity index (χ2v) is 5.69. The Hall–Kier alpha value is -0.850. The lowest BCUT2D eigenvalue weighted by molar-refractivity contribution is 0.0886. The van der Waals surface area contributed by atoms with E-state index >= 15 is 0 Å². The number of allylic oxidation sites excluding steroid dienone is 1. The third kappa shape index (κ3) is 3.84. The monoisotopic (exact) mass is 286 g/mol. The summed E-state index contributed by atoms with van der Waals surface area (Å²) in [5, 5.41) is 5.35. The van der Waals surface area contributed by atoms with Crippen LogP contribution in [0.2, 0.25) is 0 Å². The summed E-state index contributed by atoms with van der Waals surface area (Å²) in [6, 6.07) is 0.227. The van der Waals surface area contributed by atoms with E-state index < -0.39 is 6.17 Å². The number of ether oxygens (including phenoxy) is 1. The number of alkyl halides is 1. The van der Waals surface area contributed by atoms with Crippen LogP contribution >= 0.6 is 0 Å². The largest absolute Gasteiger partial charge is 0.401 e. The van der Waals surface area contributed by atoms with E-state index in [0.717, 1.165) is 57.0 Å². The SMILES string of the molecule is CC1=C(N)CCNN1C(CCNC1CCOC1)C(C)F. The summed E-state index contributed by atoms with van der Waals surface area (Å²) in [6.45, 7) is 6.73. The van der Waals surface area contributed by atoms with Crippen molar-refractivity contribution in [2.45, 2.75) is 51.4 Å². The molecule has 6 heteroatoms. The van der Waals surface area contributed by atoms with E-state index in [4.69, 9.17) is 10.5 Å². The molecule has 20 heavy (non-hydrogen) atoms. The minimum Gasteiger partial charge on any atom is -0.401 e. The molecule has 1 fully saturated rings. The molecule has 0 amide bonds. The van der Waals surface area contributed by atoms with Gasteiger partial charge in [-0.05, 0) is 33.2 Å². The maximum atomic E-state index is 14.0. The van der Waals surface area contributed by atoms with Crippen LogP contribution in [0.1, 0.15) is 33.1 Å². The molecule has 3 atom stereocenters. The Balaban J connectivity index is 1.87. The highest BCUT2D eigenvalue weighted by molar-refractivity contribution is 5.11. The van der Waals surface area contributed by atoms with Crippen LogP contribution in [-0.2, 0) is 4.74 Å². The van der Waals surface area contributed by atoms with Crippen LogP contribution in [0.25, 0.3) is 0 Å².